The molecule has 1 heterocycles. The molecule has 0 saturated carbocycles. The van der Waals surface area contributed by atoms with E-state index in [0.29, 0.717) is 17.4 Å². The average molecular weight is 332 g/mol. The van der Waals surface area contributed by atoms with Crippen LogP contribution in [0.5, 0.6) is 0 Å². The van der Waals surface area contributed by atoms with Gasteiger partial charge in [-0.3, -0.25) is 19.2 Å². The topological polar surface area (TPSA) is 82.4 Å². The molecule has 0 aliphatic carbocycles. The molecule has 1 N–H and O–H groups in total. The molecule has 1 amide bonds. The Balaban J connectivity index is 2.01. The first kappa shape index (κ1) is 17.9. The van der Waals surface area contributed by atoms with Crippen LogP contribution >= 0.6 is 0 Å². The quantitative estimate of drug-likeness (QED) is 0.837. The standard InChI is InChI=1S/C17H24N4O3/c1-5-21(12(2)3)10-13-6-8-14(9-7-13)16(22)20(4)11-15-18-17(23)24-19-15/h6-9,12H,5,10-11H2,1-4H3,(H,18,19,23). The summed E-state index contributed by atoms with van der Waals surface area (Å²) in [5, 5.41) is 3.56. The minimum Gasteiger partial charge on any atom is -0.334 e. The van der Waals surface area contributed by atoms with Crippen LogP contribution in [0.25, 0.3) is 0 Å². The molecule has 2 aromatic rings. The molecular formula is C17H24N4O3. The van der Waals surface area contributed by atoms with Crippen LogP contribution in [-0.4, -0.2) is 45.5 Å². The van der Waals surface area contributed by atoms with E-state index in [-0.39, 0.29) is 12.5 Å². The van der Waals surface area contributed by atoms with Crippen LogP contribution in [0.3, 0.4) is 0 Å². The van der Waals surface area contributed by atoms with Gasteiger partial charge in [-0.25, -0.2) is 4.79 Å². The summed E-state index contributed by atoms with van der Waals surface area (Å²) in [7, 11) is 1.65. The Morgan fingerprint density at radius 1 is 1.25 bits per heavy atom. The van der Waals surface area contributed by atoms with Crippen LogP contribution in [0.1, 0.15) is 42.5 Å². The van der Waals surface area contributed by atoms with Gasteiger partial charge in [0, 0.05) is 25.2 Å². The summed E-state index contributed by atoms with van der Waals surface area (Å²) in [6.07, 6.45) is 0. The number of carbonyl (C=O) groups is 1. The zero-order chi connectivity index (χ0) is 17.7. The van der Waals surface area contributed by atoms with Crippen molar-refractivity contribution in [3.63, 3.8) is 0 Å². The van der Waals surface area contributed by atoms with E-state index in [9.17, 15) is 9.59 Å². The fraction of sp³-hybridized carbons (Fsp3) is 0.471. The molecule has 0 radical (unpaired) electrons. The zero-order valence-corrected chi connectivity index (χ0v) is 14.6. The molecule has 0 spiro atoms. The normalized spacial score (nSPS) is 11.2. The Kier molecular flexibility index (Phi) is 5.92. The lowest BCUT2D eigenvalue weighted by Crippen LogP contribution is -2.30. The lowest BCUT2D eigenvalue weighted by atomic mass is 10.1. The SMILES string of the molecule is CCN(Cc1ccc(C(=O)N(C)Cc2noc(=O)[nH]2)cc1)C(C)C. The van der Waals surface area contributed by atoms with E-state index in [0.717, 1.165) is 13.1 Å². The van der Waals surface area contributed by atoms with Crippen LogP contribution in [0.2, 0.25) is 0 Å². The first-order valence-corrected chi connectivity index (χ1v) is 8.04. The molecule has 130 valence electrons. The number of carbonyl (C=O) groups excluding carboxylic acids is 1. The molecule has 7 nitrogen and oxygen atoms in total. The number of hydrogen-bond donors (Lipinski definition) is 1. The van der Waals surface area contributed by atoms with Gasteiger partial charge in [0.25, 0.3) is 5.91 Å². The average Bonchev–Trinajstić information content (AvgIpc) is 2.97. The van der Waals surface area contributed by atoms with Crippen molar-refractivity contribution in [1.29, 1.82) is 0 Å². The molecule has 0 fully saturated rings. The second kappa shape index (κ2) is 7.92. The van der Waals surface area contributed by atoms with Crippen molar-refractivity contribution in [2.45, 2.75) is 39.9 Å². The molecule has 24 heavy (non-hydrogen) atoms. The Morgan fingerprint density at radius 3 is 2.42 bits per heavy atom. The van der Waals surface area contributed by atoms with E-state index >= 15 is 0 Å². The van der Waals surface area contributed by atoms with Crippen molar-refractivity contribution in [3.8, 4) is 0 Å². The Hall–Kier alpha value is -2.41. The smallest absolute Gasteiger partial charge is 0.334 e. The highest BCUT2D eigenvalue weighted by Gasteiger charge is 2.14. The summed E-state index contributed by atoms with van der Waals surface area (Å²) in [4.78, 5) is 29.6. The highest BCUT2D eigenvalue weighted by atomic mass is 16.5. The first-order valence-electron chi connectivity index (χ1n) is 8.04. The van der Waals surface area contributed by atoms with Crippen LogP contribution in [0.15, 0.2) is 33.6 Å². The predicted octanol–water partition coefficient (Wildman–Crippen LogP) is 1.87. The summed E-state index contributed by atoms with van der Waals surface area (Å²) < 4.78 is 4.43. The number of nitrogens with one attached hydrogen (secondary N) is 1. The van der Waals surface area contributed by atoms with Gasteiger partial charge in [-0.15, -0.1) is 0 Å². The van der Waals surface area contributed by atoms with Crippen molar-refractivity contribution >= 4 is 5.91 Å². The molecule has 2 rings (SSSR count). The van der Waals surface area contributed by atoms with Gasteiger partial charge in [-0.2, -0.15) is 0 Å². The van der Waals surface area contributed by atoms with Gasteiger partial charge >= 0.3 is 5.76 Å². The van der Waals surface area contributed by atoms with Crippen molar-refractivity contribution in [2.75, 3.05) is 13.6 Å². The minimum absolute atomic E-state index is 0.137. The number of benzene rings is 1. The highest BCUT2D eigenvalue weighted by Crippen LogP contribution is 2.12. The summed E-state index contributed by atoms with van der Waals surface area (Å²) in [6, 6.07) is 8.09. The van der Waals surface area contributed by atoms with E-state index in [1.807, 2.05) is 24.3 Å². The third-order valence-corrected chi connectivity index (χ3v) is 3.94. The molecular weight excluding hydrogens is 308 g/mol. The van der Waals surface area contributed by atoms with Crippen molar-refractivity contribution in [3.05, 3.63) is 51.8 Å². The number of H-pyrrole nitrogens is 1. The number of aromatic nitrogens is 2. The molecule has 0 atom stereocenters. The van der Waals surface area contributed by atoms with Gasteiger partial charge in [0.15, 0.2) is 5.82 Å². The van der Waals surface area contributed by atoms with Gasteiger partial charge in [-0.1, -0.05) is 24.2 Å². The van der Waals surface area contributed by atoms with Crippen molar-refractivity contribution in [1.82, 2.24) is 19.9 Å². The third kappa shape index (κ3) is 4.55. The van der Waals surface area contributed by atoms with Gasteiger partial charge in [-0.05, 0) is 38.1 Å². The molecule has 0 bridgehead atoms. The summed E-state index contributed by atoms with van der Waals surface area (Å²) in [5.41, 5.74) is 1.77. The zero-order valence-electron chi connectivity index (χ0n) is 14.6. The van der Waals surface area contributed by atoms with E-state index in [4.69, 9.17) is 0 Å². The summed E-state index contributed by atoms with van der Waals surface area (Å²) in [6.45, 7) is 8.51. The van der Waals surface area contributed by atoms with Crippen LogP contribution < -0.4 is 5.76 Å². The number of aromatic amines is 1. The van der Waals surface area contributed by atoms with Crippen LogP contribution in [-0.2, 0) is 13.1 Å². The summed E-state index contributed by atoms with van der Waals surface area (Å²) >= 11 is 0. The van der Waals surface area contributed by atoms with Gasteiger partial charge in [0.05, 0.1) is 6.54 Å². The second-order valence-corrected chi connectivity index (χ2v) is 6.06. The molecule has 7 heteroatoms. The molecule has 0 aliphatic rings. The van der Waals surface area contributed by atoms with E-state index < -0.39 is 5.76 Å². The number of amides is 1. The van der Waals surface area contributed by atoms with E-state index in [2.05, 4.69) is 40.3 Å². The van der Waals surface area contributed by atoms with Gasteiger partial charge in [0.1, 0.15) is 0 Å². The van der Waals surface area contributed by atoms with Gasteiger partial charge < -0.3 is 4.90 Å². The van der Waals surface area contributed by atoms with Crippen LogP contribution in [0.4, 0.5) is 0 Å². The van der Waals surface area contributed by atoms with E-state index in [1.54, 1.807) is 7.05 Å². The maximum Gasteiger partial charge on any atom is 0.438 e. The third-order valence-electron chi connectivity index (χ3n) is 3.94. The largest absolute Gasteiger partial charge is 0.438 e. The first-order chi connectivity index (χ1) is 11.4. The van der Waals surface area contributed by atoms with Crippen LogP contribution in [0, 0.1) is 0 Å². The molecule has 1 aromatic carbocycles. The summed E-state index contributed by atoms with van der Waals surface area (Å²) in [5.74, 6) is -0.439. The molecule has 1 aromatic heterocycles. The van der Waals surface area contributed by atoms with Crippen molar-refractivity contribution < 1.29 is 9.32 Å². The second-order valence-electron chi connectivity index (χ2n) is 6.06. The minimum atomic E-state index is -0.624. The maximum atomic E-state index is 12.4. The number of rotatable bonds is 7. The van der Waals surface area contributed by atoms with Crippen molar-refractivity contribution in [2.24, 2.45) is 0 Å². The van der Waals surface area contributed by atoms with E-state index in [1.165, 1.54) is 10.5 Å². The molecule has 0 aliphatic heterocycles. The monoisotopic (exact) mass is 332 g/mol. The van der Waals surface area contributed by atoms with Gasteiger partial charge in [0.2, 0.25) is 0 Å². The number of hydrogen-bond acceptors (Lipinski definition) is 5. The predicted molar refractivity (Wildman–Crippen MR) is 90.6 cm³/mol. The fourth-order valence-corrected chi connectivity index (χ4v) is 2.49. The fourth-order valence-electron chi connectivity index (χ4n) is 2.49. The Bertz CT molecular complexity index is 718. The Labute approximate surface area is 141 Å². The Morgan fingerprint density at radius 2 is 1.92 bits per heavy atom. The molecule has 0 saturated heterocycles. The lowest BCUT2D eigenvalue weighted by Gasteiger charge is -2.24. The maximum absolute atomic E-state index is 12.4. The highest BCUT2D eigenvalue weighted by molar-refractivity contribution is 5.94. The lowest BCUT2D eigenvalue weighted by molar-refractivity contribution is 0.0780. The molecule has 0 unspecified atom stereocenters. The number of nitrogens with zero attached hydrogens (tertiary/aromatic N) is 3.